The van der Waals surface area contributed by atoms with Gasteiger partial charge in [-0.05, 0) is 10.3 Å². The summed E-state index contributed by atoms with van der Waals surface area (Å²) in [5.41, 5.74) is 10.9. The summed E-state index contributed by atoms with van der Waals surface area (Å²) in [5.74, 6) is 2.22. The van der Waals surface area contributed by atoms with Crippen molar-refractivity contribution in [2.45, 2.75) is 0 Å². The van der Waals surface area contributed by atoms with E-state index in [0.717, 1.165) is 0 Å². The Morgan fingerprint density at radius 1 is 1.69 bits per heavy atom. The highest BCUT2D eigenvalue weighted by molar-refractivity contribution is 5.98. The summed E-state index contributed by atoms with van der Waals surface area (Å²) in [6, 6.07) is 0. The van der Waals surface area contributed by atoms with E-state index >= 15 is 0 Å². The third-order valence-corrected chi connectivity index (χ3v) is 1.07. The van der Waals surface area contributed by atoms with E-state index in [2.05, 4.69) is 30.9 Å². The number of hydrogen-bond acceptors (Lipinski definition) is 6. The largest absolute Gasteiger partial charge is 0.381 e. The zero-order valence-corrected chi connectivity index (χ0v) is 6.60. The van der Waals surface area contributed by atoms with E-state index < -0.39 is 0 Å². The first kappa shape index (κ1) is 8.86. The Kier molecular flexibility index (Phi) is 2.70. The molecule has 0 aromatic carbocycles. The molecule has 0 saturated heterocycles. The molecule has 0 fully saturated rings. The van der Waals surface area contributed by atoms with Gasteiger partial charge in [0.2, 0.25) is 0 Å². The van der Waals surface area contributed by atoms with Gasteiger partial charge in [-0.1, -0.05) is 11.1 Å². The maximum absolute atomic E-state index is 5.39. The van der Waals surface area contributed by atoms with Crippen molar-refractivity contribution in [2.75, 3.05) is 12.3 Å². The number of oxime groups is 1. The monoisotopic (exact) mass is 181 g/mol. The predicted molar refractivity (Wildman–Crippen MR) is 44.2 cm³/mol. The zero-order chi connectivity index (χ0) is 9.68. The third kappa shape index (κ3) is 2.10. The van der Waals surface area contributed by atoms with E-state index in [1.165, 1.54) is 0 Å². The molecule has 0 unspecified atom stereocenters. The standard InChI is InChI=1S/C6H7N5O2/c1-2-3-12-10-5(7)4-6(8)11-13-9-4/h1H,3H2,(H2,7,10)(H2,8,11). The van der Waals surface area contributed by atoms with E-state index in [1.807, 2.05) is 0 Å². The Bertz CT molecular complexity index is 350. The van der Waals surface area contributed by atoms with Crippen LogP contribution < -0.4 is 11.5 Å². The van der Waals surface area contributed by atoms with Gasteiger partial charge in [0.25, 0.3) is 0 Å². The number of rotatable bonds is 3. The second kappa shape index (κ2) is 3.96. The summed E-state index contributed by atoms with van der Waals surface area (Å²) in [7, 11) is 0. The van der Waals surface area contributed by atoms with Crippen molar-refractivity contribution in [2.24, 2.45) is 10.9 Å². The maximum Gasteiger partial charge on any atom is 0.199 e. The van der Waals surface area contributed by atoms with Crippen LogP contribution >= 0.6 is 0 Å². The van der Waals surface area contributed by atoms with E-state index in [0.29, 0.717) is 0 Å². The molecule has 4 N–H and O–H groups in total. The summed E-state index contributed by atoms with van der Waals surface area (Å²) >= 11 is 0. The molecule has 1 heterocycles. The second-order valence-electron chi connectivity index (χ2n) is 1.95. The molecule has 7 heteroatoms. The Morgan fingerprint density at radius 2 is 2.46 bits per heavy atom. The van der Waals surface area contributed by atoms with Gasteiger partial charge in [0.15, 0.2) is 24.0 Å². The fraction of sp³-hybridized carbons (Fsp3) is 0.167. The van der Waals surface area contributed by atoms with Crippen LogP contribution in [0, 0.1) is 12.3 Å². The summed E-state index contributed by atoms with van der Waals surface area (Å²) < 4.78 is 4.29. The van der Waals surface area contributed by atoms with Crippen LogP contribution in [0.3, 0.4) is 0 Å². The molecule has 0 aliphatic heterocycles. The van der Waals surface area contributed by atoms with E-state index in [1.54, 1.807) is 0 Å². The minimum atomic E-state index is -0.0333. The van der Waals surface area contributed by atoms with Gasteiger partial charge in [-0.2, -0.15) is 0 Å². The van der Waals surface area contributed by atoms with Gasteiger partial charge < -0.3 is 16.3 Å². The maximum atomic E-state index is 5.39. The highest BCUT2D eigenvalue weighted by Gasteiger charge is 2.10. The molecule has 1 aromatic heterocycles. The van der Waals surface area contributed by atoms with Gasteiger partial charge in [0, 0.05) is 0 Å². The molecule has 0 saturated carbocycles. The first-order valence-electron chi connectivity index (χ1n) is 3.23. The summed E-state index contributed by atoms with van der Waals surface area (Å²) in [6.45, 7) is 0.0197. The Balaban J connectivity index is 2.68. The average molecular weight is 181 g/mol. The van der Waals surface area contributed by atoms with Crippen LogP contribution in [0.4, 0.5) is 5.82 Å². The van der Waals surface area contributed by atoms with Crippen LogP contribution in [0.15, 0.2) is 9.78 Å². The fourth-order valence-electron chi connectivity index (χ4n) is 0.556. The van der Waals surface area contributed by atoms with Crippen molar-refractivity contribution in [3.05, 3.63) is 5.69 Å². The Labute approximate surface area is 73.7 Å². The number of anilines is 1. The lowest BCUT2D eigenvalue weighted by molar-refractivity contribution is 0.179. The predicted octanol–water partition coefficient (Wildman–Crippen LogP) is -1.08. The molecule has 0 bridgehead atoms. The number of nitrogens with zero attached hydrogens (tertiary/aromatic N) is 3. The van der Waals surface area contributed by atoms with Crippen molar-refractivity contribution >= 4 is 11.7 Å². The summed E-state index contributed by atoms with van der Waals surface area (Å²) in [5, 5.41) is 10.1. The van der Waals surface area contributed by atoms with Gasteiger partial charge in [-0.15, -0.1) is 6.42 Å². The first-order chi connectivity index (χ1) is 6.25. The minimum Gasteiger partial charge on any atom is -0.381 e. The lowest BCUT2D eigenvalue weighted by Crippen LogP contribution is -2.16. The molecule has 13 heavy (non-hydrogen) atoms. The number of aromatic nitrogens is 2. The molecule has 0 aliphatic rings. The lowest BCUT2D eigenvalue weighted by Gasteiger charge is -1.94. The van der Waals surface area contributed by atoms with Gasteiger partial charge >= 0.3 is 0 Å². The van der Waals surface area contributed by atoms with Gasteiger partial charge in [0.05, 0.1) is 0 Å². The topological polar surface area (TPSA) is 113 Å². The average Bonchev–Trinajstić information content (AvgIpc) is 2.52. The molecular formula is C6H7N5O2. The number of hydrogen-bond donors (Lipinski definition) is 2. The van der Waals surface area contributed by atoms with Crippen molar-refractivity contribution in [3.8, 4) is 12.3 Å². The van der Waals surface area contributed by atoms with Gasteiger partial charge in [0.1, 0.15) is 0 Å². The van der Waals surface area contributed by atoms with Crippen LogP contribution in [-0.2, 0) is 4.84 Å². The van der Waals surface area contributed by atoms with Crippen LogP contribution in [0.25, 0.3) is 0 Å². The molecule has 7 nitrogen and oxygen atoms in total. The van der Waals surface area contributed by atoms with E-state index in [9.17, 15) is 0 Å². The highest BCUT2D eigenvalue weighted by atomic mass is 16.6. The molecule has 0 aliphatic carbocycles. The Hall–Kier alpha value is -2.23. The molecule has 0 radical (unpaired) electrons. The zero-order valence-electron chi connectivity index (χ0n) is 6.60. The molecule has 68 valence electrons. The molecule has 0 atom stereocenters. The first-order valence-corrected chi connectivity index (χ1v) is 3.23. The second-order valence-corrected chi connectivity index (χ2v) is 1.95. The van der Waals surface area contributed by atoms with Crippen molar-refractivity contribution < 1.29 is 9.47 Å². The number of terminal acetylenes is 1. The highest BCUT2D eigenvalue weighted by Crippen LogP contribution is 2.02. The third-order valence-electron chi connectivity index (χ3n) is 1.07. The molecule has 1 rings (SSSR count). The van der Waals surface area contributed by atoms with Gasteiger partial charge in [-0.3, -0.25) is 0 Å². The minimum absolute atomic E-state index is 0.0197. The van der Waals surface area contributed by atoms with Crippen LogP contribution in [0.1, 0.15) is 5.69 Å². The van der Waals surface area contributed by atoms with Crippen molar-refractivity contribution in [1.29, 1.82) is 0 Å². The normalized spacial score (nSPS) is 10.8. The number of nitrogens with two attached hydrogens (primary N) is 2. The summed E-state index contributed by atoms with van der Waals surface area (Å²) in [6.07, 6.45) is 4.91. The smallest absolute Gasteiger partial charge is 0.199 e. The quantitative estimate of drug-likeness (QED) is 0.202. The lowest BCUT2D eigenvalue weighted by atomic mass is 10.4. The van der Waals surface area contributed by atoms with Crippen LogP contribution in [-0.4, -0.2) is 22.8 Å². The fourth-order valence-corrected chi connectivity index (χ4v) is 0.556. The molecular weight excluding hydrogens is 174 g/mol. The van der Waals surface area contributed by atoms with Crippen molar-refractivity contribution in [3.63, 3.8) is 0 Å². The van der Waals surface area contributed by atoms with Gasteiger partial charge in [-0.25, -0.2) is 4.63 Å². The molecule has 1 aromatic rings. The van der Waals surface area contributed by atoms with E-state index in [4.69, 9.17) is 17.9 Å². The SMILES string of the molecule is C#CCO/N=C(/N)c1nonc1N. The number of nitrogen functional groups attached to an aromatic ring is 1. The summed E-state index contributed by atoms with van der Waals surface area (Å²) in [4.78, 5) is 4.59. The van der Waals surface area contributed by atoms with Crippen LogP contribution in [0.2, 0.25) is 0 Å². The van der Waals surface area contributed by atoms with Crippen LogP contribution in [0.5, 0.6) is 0 Å². The van der Waals surface area contributed by atoms with Crippen molar-refractivity contribution in [1.82, 2.24) is 10.3 Å². The molecule has 0 spiro atoms. The molecule has 0 amide bonds. The number of amidine groups is 1. The van der Waals surface area contributed by atoms with E-state index in [-0.39, 0.29) is 24.0 Å². The Morgan fingerprint density at radius 3 is 3.00 bits per heavy atom.